The van der Waals surface area contributed by atoms with Crippen LogP contribution >= 0.6 is 0 Å². The molecule has 0 aliphatic heterocycles. The average molecular weight is 395 g/mol. The van der Waals surface area contributed by atoms with Gasteiger partial charge in [-0.15, -0.1) is 0 Å². The summed E-state index contributed by atoms with van der Waals surface area (Å²) in [6, 6.07) is 6.76. The molecule has 3 rings (SSSR count). The highest BCUT2D eigenvalue weighted by atomic mass is 16.6. The van der Waals surface area contributed by atoms with E-state index in [1.807, 2.05) is 13.0 Å². The Hall–Kier alpha value is -4.13. The van der Waals surface area contributed by atoms with Crippen LogP contribution in [0.25, 0.3) is 16.7 Å². The topological polar surface area (TPSA) is 143 Å². The van der Waals surface area contributed by atoms with E-state index in [1.165, 1.54) is 24.7 Å². The molecule has 2 aromatic heterocycles. The summed E-state index contributed by atoms with van der Waals surface area (Å²) in [6.45, 7) is 5.10. The first-order valence-corrected chi connectivity index (χ1v) is 8.46. The van der Waals surface area contributed by atoms with Gasteiger partial charge in [-0.1, -0.05) is 6.07 Å². The van der Waals surface area contributed by atoms with E-state index in [2.05, 4.69) is 10.3 Å². The van der Waals surface area contributed by atoms with Gasteiger partial charge in [-0.05, 0) is 32.4 Å². The molecule has 0 fully saturated rings. The van der Waals surface area contributed by atoms with Gasteiger partial charge in [0.05, 0.1) is 17.7 Å². The molecule has 0 bridgehead atoms. The number of aromatic nitrogens is 2. The number of rotatable bonds is 4. The number of methoxy groups -OCH3 is 1. The SMILES string of the molecule is COc1ccc(C)c(-n2c(NC(=O)O)c(C#N)c3cc([N+](=O)[O-])c(C)nc32)c1C. The van der Waals surface area contributed by atoms with Crippen LogP contribution in [0, 0.1) is 42.2 Å². The fourth-order valence-corrected chi connectivity index (χ4v) is 3.40. The maximum atomic E-state index is 11.4. The van der Waals surface area contributed by atoms with E-state index in [9.17, 15) is 25.3 Å². The minimum Gasteiger partial charge on any atom is -0.496 e. The zero-order valence-electron chi connectivity index (χ0n) is 16.1. The Bertz CT molecular complexity index is 1220. The maximum Gasteiger partial charge on any atom is 0.410 e. The van der Waals surface area contributed by atoms with Gasteiger partial charge in [0, 0.05) is 17.0 Å². The number of carboxylic acid groups (broad SMARTS) is 1. The van der Waals surface area contributed by atoms with Crippen molar-refractivity contribution in [3.63, 3.8) is 0 Å². The first-order valence-electron chi connectivity index (χ1n) is 8.46. The van der Waals surface area contributed by atoms with Crippen LogP contribution in [0.2, 0.25) is 0 Å². The molecular weight excluding hydrogens is 378 g/mol. The van der Waals surface area contributed by atoms with Gasteiger partial charge >= 0.3 is 6.09 Å². The van der Waals surface area contributed by atoms with Crippen molar-refractivity contribution in [3.05, 3.63) is 50.7 Å². The van der Waals surface area contributed by atoms with Crippen molar-refractivity contribution in [2.45, 2.75) is 20.8 Å². The lowest BCUT2D eigenvalue weighted by atomic mass is 10.1. The molecule has 148 valence electrons. The Morgan fingerprint density at radius 2 is 2.07 bits per heavy atom. The molecule has 0 saturated carbocycles. The van der Waals surface area contributed by atoms with E-state index in [-0.39, 0.29) is 33.8 Å². The van der Waals surface area contributed by atoms with E-state index in [0.717, 1.165) is 5.56 Å². The Kier molecular flexibility index (Phi) is 4.82. The van der Waals surface area contributed by atoms with Crippen molar-refractivity contribution in [2.75, 3.05) is 12.4 Å². The average Bonchev–Trinajstić information content (AvgIpc) is 2.92. The van der Waals surface area contributed by atoms with Crippen LogP contribution in [-0.2, 0) is 0 Å². The fraction of sp³-hybridized carbons (Fsp3) is 0.211. The molecule has 1 amide bonds. The predicted molar refractivity (Wildman–Crippen MR) is 105 cm³/mol. The summed E-state index contributed by atoms with van der Waals surface area (Å²) in [6.07, 6.45) is -1.38. The molecule has 0 spiro atoms. The highest BCUT2D eigenvalue weighted by molar-refractivity contribution is 5.98. The smallest absolute Gasteiger partial charge is 0.410 e. The van der Waals surface area contributed by atoms with Crippen molar-refractivity contribution < 1.29 is 19.6 Å². The number of benzene rings is 1. The van der Waals surface area contributed by atoms with E-state index < -0.39 is 11.0 Å². The third kappa shape index (κ3) is 3.08. The second kappa shape index (κ2) is 7.12. The number of nitro groups is 1. The summed E-state index contributed by atoms with van der Waals surface area (Å²) >= 11 is 0. The third-order valence-corrected chi connectivity index (χ3v) is 4.67. The number of nitriles is 1. The van der Waals surface area contributed by atoms with Gasteiger partial charge in [0.15, 0.2) is 0 Å². The summed E-state index contributed by atoms with van der Waals surface area (Å²) in [4.78, 5) is 26.5. The van der Waals surface area contributed by atoms with Crippen LogP contribution < -0.4 is 10.1 Å². The van der Waals surface area contributed by atoms with Gasteiger partial charge in [0.25, 0.3) is 5.69 Å². The monoisotopic (exact) mass is 395 g/mol. The normalized spacial score (nSPS) is 10.6. The minimum atomic E-state index is -1.38. The molecule has 10 heteroatoms. The molecular formula is C19H17N5O5. The van der Waals surface area contributed by atoms with E-state index in [4.69, 9.17) is 4.74 Å². The standard InChI is InChI=1S/C19H17N5O5/c1-9-5-6-15(29-4)10(2)16(9)23-17-12(7-14(24(27)28)11(3)21-17)13(8-20)18(23)22-19(25)26/h5-7,22H,1-4H3,(H,25,26). The zero-order chi connectivity index (χ0) is 21.5. The van der Waals surface area contributed by atoms with Crippen LogP contribution in [-0.4, -0.2) is 32.8 Å². The summed E-state index contributed by atoms with van der Waals surface area (Å²) in [5.74, 6) is 0.521. The van der Waals surface area contributed by atoms with Crippen molar-refractivity contribution in [3.8, 4) is 17.5 Å². The van der Waals surface area contributed by atoms with Crippen LogP contribution in [0.1, 0.15) is 22.4 Å². The molecule has 0 aliphatic carbocycles. The van der Waals surface area contributed by atoms with E-state index in [0.29, 0.717) is 17.0 Å². The molecule has 0 unspecified atom stereocenters. The largest absolute Gasteiger partial charge is 0.496 e. The lowest BCUT2D eigenvalue weighted by molar-refractivity contribution is -0.385. The van der Waals surface area contributed by atoms with Gasteiger partial charge in [0.1, 0.15) is 34.5 Å². The number of aryl methyl sites for hydroxylation is 2. The summed E-state index contributed by atoms with van der Waals surface area (Å²) in [5.41, 5.74) is 2.10. The molecule has 0 radical (unpaired) electrons. The van der Waals surface area contributed by atoms with Crippen LogP contribution in [0.3, 0.4) is 0 Å². The molecule has 10 nitrogen and oxygen atoms in total. The number of nitrogens with zero attached hydrogens (tertiary/aromatic N) is 4. The lowest BCUT2D eigenvalue weighted by Gasteiger charge is -2.18. The van der Waals surface area contributed by atoms with Crippen LogP contribution in [0.15, 0.2) is 18.2 Å². The van der Waals surface area contributed by atoms with Crippen LogP contribution in [0.5, 0.6) is 5.75 Å². The van der Waals surface area contributed by atoms with Gasteiger partial charge in [0.2, 0.25) is 0 Å². The molecule has 29 heavy (non-hydrogen) atoms. The molecule has 0 atom stereocenters. The highest BCUT2D eigenvalue weighted by Gasteiger charge is 2.27. The van der Waals surface area contributed by atoms with E-state index >= 15 is 0 Å². The fourth-order valence-electron chi connectivity index (χ4n) is 3.40. The lowest BCUT2D eigenvalue weighted by Crippen LogP contribution is -2.14. The summed E-state index contributed by atoms with van der Waals surface area (Å²) in [7, 11) is 1.51. The highest BCUT2D eigenvalue weighted by Crippen LogP contribution is 2.38. The molecule has 2 N–H and O–H groups in total. The maximum absolute atomic E-state index is 11.4. The zero-order valence-corrected chi connectivity index (χ0v) is 16.1. The number of carbonyl (C=O) groups is 1. The van der Waals surface area contributed by atoms with Crippen molar-refractivity contribution >= 4 is 28.6 Å². The number of nitrogens with one attached hydrogen (secondary N) is 1. The molecule has 0 aliphatic rings. The Morgan fingerprint density at radius 1 is 1.38 bits per heavy atom. The first kappa shape index (κ1) is 19.6. The number of amides is 1. The van der Waals surface area contributed by atoms with Gasteiger partial charge in [-0.2, -0.15) is 5.26 Å². The second-order valence-corrected chi connectivity index (χ2v) is 6.38. The number of hydrogen-bond acceptors (Lipinski definition) is 6. The number of fused-ring (bicyclic) bond motifs is 1. The van der Waals surface area contributed by atoms with Gasteiger partial charge in [-0.3, -0.25) is 20.0 Å². The Labute approximate surface area is 165 Å². The number of ether oxygens (including phenoxy) is 1. The summed E-state index contributed by atoms with van der Waals surface area (Å²) in [5, 5.41) is 32.8. The first-order chi connectivity index (χ1) is 13.7. The Morgan fingerprint density at radius 3 is 2.62 bits per heavy atom. The van der Waals surface area contributed by atoms with E-state index in [1.54, 1.807) is 19.1 Å². The molecule has 1 aromatic carbocycles. The molecule has 3 aromatic rings. The quantitative estimate of drug-likeness (QED) is 0.504. The second-order valence-electron chi connectivity index (χ2n) is 6.38. The molecule has 0 saturated heterocycles. The van der Waals surface area contributed by atoms with Crippen LogP contribution in [0.4, 0.5) is 16.3 Å². The summed E-state index contributed by atoms with van der Waals surface area (Å²) < 4.78 is 6.87. The Balaban J connectivity index is 2.56. The minimum absolute atomic E-state index is 0.0400. The van der Waals surface area contributed by atoms with Gasteiger partial charge < -0.3 is 9.84 Å². The third-order valence-electron chi connectivity index (χ3n) is 4.67. The number of hydrogen-bond donors (Lipinski definition) is 2. The molecule has 2 heterocycles. The van der Waals surface area contributed by atoms with Crippen molar-refractivity contribution in [2.24, 2.45) is 0 Å². The van der Waals surface area contributed by atoms with Gasteiger partial charge in [-0.25, -0.2) is 9.78 Å². The number of pyridine rings is 1. The predicted octanol–water partition coefficient (Wildman–Crippen LogP) is 3.83. The van der Waals surface area contributed by atoms with Crippen molar-refractivity contribution in [1.82, 2.24) is 9.55 Å². The number of anilines is 1. The van der Waals surface area contributed by atoms with Crippen molar-refractivity contribution in [1.29, 1.82) is 5.26 Å².